The third-order valence-electron chi connectivity index (χ3n) is 8.19. The average molecular weight is 477 g/mol. The van der Waals surface area contributed by atoms with E-state index in [-0.39, 0.29) is 40.9 Å². The fourth-order valence-corrected chi connectivity index (χ4v) is 5.33. The molecule has 0 radical (unpaired) electrons. The fraction of sp³-hybridized carbons (Fsp3) is 0.800. The number of likely N-dealkylation sites (tertiary alicyclic amines) is 1. The summed E-state index contributed by atoms with van der Waals surface area (Å²) in [5.41, 5.74) is 5.12. The van der Waals surface area contributed by atoms with Gasteiger partial charge >= 0.3 is 0 Å². The molecule has 0 spiro atoms. The molecule has 0 bridgehead atoms. The molecule has 6 atom stereocenters. The first-order chi connectivity index (χ1) is 15.8. The number of nitrogens with one attached hydrogen (secondary N) is 2. The Hall–Kier alpha value is -2.45. The van der Waals surface area contributed by atoms with E-state index in [0.717, 1.165) is 12.8 Å². The molecule has 2 unspecified atom stereocenters. The largest absolute Gasteiger partial charge is 0.363 e. The van der Waals surface area contributed by atoms with Crippen molar-refractivity contribution < 1.29 is 24.0 Å². The molecule has 0 aromatic rings. The normalized spacial score (nSPS) is 27.4. The molecular formula is C25H40N4O5. The average Bonchev–Trinajstić information content (AvgIpc) is 3.62. The van der Waals surface area contributed by atoms with Crippen molar-refractivity contribution >= 4 is 29.4 Å². The smallest absolute Gasteiger partial charge is 0.287 e. The number of rotatable bonds is 11. The Labute approximate surface area is 201 Å². The lowest BCUT2D eigenvalue weighted by atomic mass is 9.96. The lowest BCUT2D eigenvalue weighted by molar-refractivity contribution is -0.145. The summed E-state index contributed by atoms with van der Waals surface area (Å²) in [7, 11) is 0. The number of piperidine rings is 1. The molecule has 3 rings (SSSR count). The van der Waals surface area contributed by atoms with Crippen LogP contribution in [-0.4, -0.2) is 59.0 Å². The van der Waals surface area contributed by atoms with Crippen LogP contribution in [0, 0.1) is 35.0 Å². The maximum Gasteiger partial charge on any atom is 0.287 e. The highest BCUT2D eigenvalue weighted by molar-refractivity contribution is 6.37. The number of carbonyl (C=O) groups is 5. The standard InChI is InChI=1S/C25H40N4O5/c1-7-13(4)22(32)28-18(12(2)3)24(34)29-11-15-17(25(15,5)6)19(29)23(33)27-16(10-14-8-9-14)20(30)21(26)31/h12-19H,7-11H2,1-6H3,(H2,26,31)(H,27,33)(H,28,32)/t13-,15-,16?,17?,18-,19-/m0/s1. The van der Waals surface area contributed by atoms with Crippen molar-refractivity contribution in [3.05, 3.63) is 0 Å². The molecule has 2 aliphatic carbocycles. The van der Waals surface area contributed by atoms with Crippen molar-refractivity contribution in [2.75, 3.05) is 6.54 Å². The summed E-state index contributed by atoms with van der Waals surface area (Å²) in [6.07, 6.45) is 2.95. The van der Waals surface area contributed by atoms with Crippen LogP contribution in [0.3, 0.4) is 0 Å². The van der Waals surface area contributed by atoms with E-state index >= 15 is 0 Å². The molecular weight excluding hydrogens is 436 g/mol. The van der Waals surface area contributed by atoms with Gasteiger partial charge in [0.25, 0.3) is 5.91 Å². The van der Waals surface area contributed by atoms with Crippen LogP contribution in [0.1, 0.15) is 67.2 Å². The number of nitrogens with zero attached hydrogens (tertiary/aromatic N) is 1. The first-order valence-corrected chi connectivity index (χ1v) is 12.6. The maximum atomic E-state index is 13.6. The van der Waals surface area contributed by atoms with E-state index in [1.165, 1.54) is 0 Å². The van der Waals surface area contributed by atoms with Crippen molar-refractivity contribution in [1.29, 1.82) is 0 Å². The Bertz CT molecular complexity index is 865. The van der Waals surface area contributed by atoms with Gasteiger partial charge in [-0.15, -0.1) is 0 Å². The number of hydrogen-bond donors (Lipinski definition) is 3. The Kier molecular flexibility index (Phi) is 7.43. The molecule has 3 fully saturated rings. The second kappa shape index (κ2) is 9.66. The summed E-state index contributed by atoms with van der Waals surface area (Å²) >= 11 is 0. The lowest BCUT2D eigenvalue weighted by Gasteiger charge is -2.35. The number of carbonyl (C=O) groups excluding carboxylic acids is 5. The predicted molar refractivity (Wildman–Crippen MR) is 126 cm³/mol. The van der Waals surface area contributed by atoms with Crippen LogP contribution in [0.5, 0.6) is 0 Å². The second-order valence-electron chi connectivity index (χ2n) is 11.4. The Morgan fingerprint density at radius 1 is 1.06 bits per heavy atom. The van der Waals surface area contributed by atoms with Gasteiger partial charge in [0.2, 0.25) is 23.5 Å². The first-order valence-electron chi connectivity index (χ1n) is 12.6. The van der Waals surface area contributed by atoms with Gasteiger partial charge in [0.1, 0.15) is 12.1 Å². The number of primary amides is 1. The fourth-order valence-electron chi connectivity index (χ4n) is 5.33. The van der Waals surface area contributed by atoms with Gasteiger partial charge in [-0.25, -0.2) is 0 Å². The lowest BCUT2D eigenvalue weighted by Crippen LogP contribution is -2.59. The third kappa shape index (κ3) is 5.13. The molecule has 1 heterocycles. The van der Waals surface area contributed by atoms with Crippen LogP contribution in [0.15, 0.2) is 0 Å². The maximum absolute atomic E-state index is 13.6. The molecule has 0 aromatic heterocycles. The van der Waals surface area contributed by atoms with E-state index in [4.69, 9.17) is 5.73 Å². The topological polar surface area (TPSA) is 139 Å². The van der Waals surface area contributed by atoms with E-state index in [9.17, 15) is 24.0 Å². The highest BCUT2D eigenvalue weighted by Crippen LogP contribution is 2.65. The van der Waals surface area contributed by atoms with Crippen LogP contribution >= 0.6 is 0 Å². The highest BCUT2D eigenvalue weighted by atomic mass is 16.2. The van der Waals surface area contributed by atoms with Crippen LogP contribution in [0.2, 0.25) is 0 Å². The highest BCUT2D eigenvalue weighted by Gasteiger charge is 2.69. The molecule has 34 heavy (non-hydrogen) atoms. The van der Waals surface area contributed by atoms with Crippen molar-refractivity contribution in [2.45, 2.75) is 85.4 Å². The van der Waals surface area contributed by atoms with E-state index in [1.807, 2.05) is 27.7 Å². The van der Waals surface area contributed by atoms with Gasteiger partial charge in [0.05, 0.1) is 6.04 Å². The third-order valence-corrected chi connectivity index (χ3v) is 8.19. The molecule has 4 amide bonds. The summed E-state index contributed by atoms with van der Waals surface area (Å²) in [4.78, 5) is 65.2. The number of Topliss-reactive ketones (excluding diaryl/α,β-unsaturated/α-hetero) is 1. The van der Waals surface area contributed by atoms with E-state index in [2.05, 4.69) is 24.5 Å². The quantitative estimate of drug-likeness (QED) is 0.382. The van der Waals surface area contributed by atoms with Gasteiger partial charge in [0, 0.05) is 12.5 Å². The van der Waals surface area contributed by atoms with Gasteiger partial charge in [-0.2, -0.15) is 0 Å². The molecule has 2 saturated carbocycles. The molecule has 3 aliphatic rings. The molecule has 190 valence electrons. The Morgan fingerprint density at radius 2 is 1.68 bits per heavy atom. The van der Waals surface area contributed by atoms with E-state index < -0.39 is 35.7 Å². The summed E-state index contributed by atoms with van der Waals surface area (Å²) in [6.45, 7) is 12.0. The number of hydrogen-bond acceptors (Lipinski definition) is 5. The molecule has 0 aromatic carbocycles. The van der Waals surface area contributed by atoms with Crippen LogP contribution in [-0.2, 0) is 24.0 Å². The number of ketones is 1. The second-order valence-corrected chi connectivity index (χ2v) is 11.4. The van der Waals surface area contributed by atoms with Gasteiger partial charge in [-0.05, 0) is 41.9 Å². The van der Waals surface area contributed by atoms with Gasteiger partial charge in [-0.1, -0.05) is 54.4 Å². The van der Waals surface area contributed by atoms with Crippen molar-refractivity contribution in [3.8, 4) is 0 Å². The monoisotopic (exact) mass is 476 g/mol. The molecule has 1 aliphatic heterocycles. The van der Waals surface area contributed by atoms with Gasteiger partial charge in [0.15, 0.2) is 0 Å². The van der Waals surface area contributed by atoms with Crippen molar-refractivity contribution in [2.24, 2.45) is 40.7 Å². The number of amides is 4. The van der Waals surface area contributed by atoms with Crippen LogP contribution in [0.25, 0.3) is 0 Å². The summed E-state index contributed by atoms with van der Waals surface area (Å²) in [5.74, 6) is -2.73. The zero-order chi connectivity index (χ0) is 25.5. The zero-order valence-electron chi connectivity index (χ0n) is 21.2. The summed E-state index contributed by atoms with van der Waals surface area (Å²) < 4.78 is 0. The zero-order valence-corrected chi connectivity index (χ0v) is 21.2. The molecule has 1 saturated heterocycles. The van der Waals surface area contributed by atoms with Crippen LogP contribution in [0.4, 0.5) is 0 Å². The summed E-state index contributed by atoms with van der Waals surface area (Å²) in [6, 6.07) is -2.47. The molecule has 4 N–H and O–H groups in total. The molecule has 9 heteroatoms. The van der Waals surface area contributed by atoms with E-state index in [1.54, 1.807) is 4.90 Å². The minimum atomic E-state index is -1.07. The van der Waals surface area contributed by atoms with Crippen LogP contribution < -0.4 is 16.4 Å². The predicted octanol–water partition coefficient (Wildman–Crippen LogP) is 0.996. The Morgan fingerprint density at radius 3 is 2.18 bits per heavy atom. The van der Waals surface area contributed by atoms with E-state index in [0.29, 0.717) is 25.3 Å². The minimum Gasteiger partial charge on any atom is -0.363 e. The van der Waals surface area contributed by atoms with Gasteiger partial charge < -0.3 is 21.3 Å². The number of fused-ring (bicyclic) bond motifs is 1. The number of nitrogens with two attached hydrogens (primary N) is 1. The first kappa shape index (κ1) is 26.2. The van der Waals surface area contributed by atoms with Crippen molar-refractivity contribution in [1.82, 2.24) is 15.5 Å². The van der Waals surface area contributed by atoms with Crippen molar-refractivity contribution in [3.63, 3.8) is 0 Å². The summed E-state index contributed by atoms with van der Waals surface area (Å²) in [5, 5.41) is 5.64. The Balaban J connectivity index is 1.80. The minimum absolute atomic E-state index is 0.0419. The molecule has 9 nitrogen and oxygen atoms in total. The SMILES string of the molecule is CC[C@H](C)C(=O)N[C@H](C(=O)N1C[C@H]2C([C@H]1C(=O)NC(CC1CC1)C(=O)C(N)=O)C2(C)C)C(C)C. The van der Waals surface area contributed by atoms with Gasteiger partial charge in [-0.3, -0.25) is 24.0 Å².